The molecule has 7 nitrogen and oxygen atoms in total. The number of benzene rings is 2. The van der Waals surface area contributed by atoms with Crippen LogP contribution in [0.3, 0.4) is 0 Å². The highest BCUT2D eigenvalue weighted by Gasteiger charge is 2.23. The summed E-state index contributed by atoms with van der Waals surface area (Å²) in [6, 6.07) is 12.9. The number of carbonyl (C=O) groups excluding carboxylic acids is 2. The van der Waals surface area contributed by atoms with Gasteiger partial charge in [-0.3, -0.25) is 14.4 Å². The number of phenols is 1. The van der Waals surface area contributed by atoms with Gasteiger partial charge in [0.15, 0.2) is 0 Å². The van der Waals surface area contributed by atoms with E-state index in [4.69, 9.17) is 5.11 Å². The third-order valence-corrected chi connectivity index (χ3v) is 4.85. The van der Waals surface area contributed by atoms with Gasteiger partial charge in [-0.15, -0.1) is 11.8 Å². The van der Waals surface area contributed by atoms with Gasteiger partial charge in [0.2, 0.25) is 5.91 Å². The molecule has 0 aliphatic heterocycles. The van der Waals surface area contributed by atoms with Crippen molar-refractivity contribution < 1.29 is 24.6 Å². The Morgan fingerprint density at radius 2 is 1.78 bits per heavy atom. The van der Waals surface area contributed by atoms with Crippen LogP contribution >= 0.6 is 11.8 Å². The van der Waals surface area contributed by atoms with Crippen LogP contribution in [0.15, 0.2) is 53.4 Å². The van der Waals surface area contributed by atoms with E-state index < -0.39 is 30.4 Å². The highest BCUT2D eigenvalue weighted by atomic mass is 32.2. The lowest BCUT2D eigenvalue weighted by Gasteiger charge is -2.18. The van der Waals surface area contributed by atoms with Gasteiger partial charge in [-0.05, 0) is 31.2 Å². The number of thioether (sulfide) groups is 1. The molecule has 2 aromatic rings. The zero-order chi connectivity index (χ0) is 19.8. The maximum absolute atomic E-state index is 12.6. The van der Waals surface area contributed by atoms with Gasteiger partial charge in [-0.2, -0.15) is 0 Å². The molecule has 0 aliphatic rings. The van der Waals surface area contributed by atoms with Crippen LogP contribution in [0.25, 0.3) is 0 Å². The number of nitrogens with one attached hydrogen (secondary N) is 2. The van der Waals surface area contributed by atoms with Crippen LogP contribution in [0, 0.1) is 6.92 Å². The minimum Gasteiger partial charge on any atom is -0.508 e. The molecule has 1 atom stereocenters. The zero-order valence-electron chi connectivity index (χ0n) is 14.6. The molecule has 0 aliphatic carbocycles. The molecule has 0 unspecified atom stereocenters. The summed E-state index contributed by atoms with van der Waals surface area (Å²) in [7, 11) is 0. The highest BCUT2D eigenvalue weighted by Crippen LogP contribution is 2.21. The number of phenolic OH excluding ortho intramolecular Hbond substituents is 1. The largest absolute Gasteiger partial charge is 0.508 e. The number of aliphatic carboxylic acids is 1. The van der Waals surface area contributed by atoms with E-state index >= 15 is 0 Å². The molecule has 142 valence electrons. The molecule has 2 amide bonds. The first kappa shape index (κ1) is 20.3. The third kappa shape index (κ3) is 6.03. The van der Waals surface area contributed by atoms with E-state index in [-0.39, 0.29) is 17.1 Å². The lowest BCUT2D eigenvalue weighted by Crippen LogP contribution is -2.49. The van der Waals surface area contributed by atoms with Gasteiger partial charge in [0, 0.05) is 21.8 Å². The van der Waals surface area contributed by atoms with E-state index in [9.17, 15) is 19.5 Å². The van der Waals surface area contributed by atoms with Crippen LogP contribution in [0.1, 0.15) is 15.9 Å². The SMILES string of the molecule is Cc1c(O)cccc1C(=O)N[C@@H](CSc1ccccc1)C(=O)NCC(=O)O. The van der Waals surface area contributed by atoms with Crippen molar-refractivity contribution in [2.45, 2.75) is 17.9 Å². The molecule has 8 heteroatoms. The molecule has 0 saturated carbocycles. The number of amides is 2. The number of carboxylic acids is 1. The fraction of sp³-hybridized carbons (Fsp3) is 0.211. The minimum atomic E-state index is -1.17. The highest BCUT2D eigenvalue weighted by molar-refractivity contribution is 7.99. The second kappa shape index (κ2) is 9.63. The Hall–Kier alpha value is -3.00. The normalized spacial score (nSPS) is 11.4. The van der Waals surface area contributed by atoms with E-state index in [2.05, 4.69) is 10.6 Å². The van der Waals surface area contributed by atoms with Crippen molar-refractivity contribution >= 4 is 29.5 Å². The predicted octanol–water partition coefficient (Wildman–Crippen LogP) is 1.79. The predicted molar refractivity (Wildman–Crippen MR) is 102 cm³/mol. The Bertz CT molecular complexity index is 826. The van der Waals surface area contributed by atoms with Crippen molar-refractivity contribution in [3.8, 4) is 5.75 Å². The van der Waals surface area contributed by atoms with Crippen molar-refractivity contribution in [2.75, 3.05) is 12.3 Å². The van der Waals surface area contributed by atoms with Gasteiger partial charge in [0.05, 0.1) is 0 Å². The number of carbonyl (C=O) groups is 3. The van der Waals surface area contributed by atoms with Gasteiger partial charge in [-0.25, -0.2) is 0 Å². The Kier molecular flexibility index (Phi) is 7.25. The first-order valence-corrected chi connectivity index (χ1v) is 9.14. The van der Waals surface area contributed by atoms with Crippen LogP contribution in [-0.4, -0.2) is 46.3 Å². The lowest BCUT2D eigenvalue weighted by atomic mass is 10.1. The van der Waals surface area contributed by atoms with Crippen LogP contribution in [0.5, 0.6) is 5.75 Å². The Morgan fingerprint density at radius 1 is 1.07 bits per heavy atom. The maximum Gasteiger partial charge on any atom is 0.322 e. The van der Waals surface area contributed by atoms with Crippen molar-refractivity contribution in [2.24, 2.45) is 0 Å². The summed E-state index contributed by atoms with van der Waals surface area (Å²) in [6.45, 7) is 1.06. The molecule has 27 heavy (non-hydrogen) atoms. The number of hydrogen-bond acceptors (Lipinski definition) is 5. The number of hydrogen-bond donors (Lipinski definition) is 4. The quantitative estimate of drug-likeness (QED) is 0.513. The van der Waals surface area contributed by atoms with E-state index in [1.807, 2.05) is 30.3 Å². The van der Waals surface area contributed by atoms with E-state index in [0.29, 0.717) is 5.56 Å². The minimum absolute atomic E-state index is 0.0202. The van der Waals surface area contributed by atoms with E-state index in [1.54, 1.807) is 13.0 Å². The average Bonchev–Trinajstić information content (AvgIpc) is 2.66. The molecule has 0 spiro atoms. The summed E-state index contributed by atoms with van der Waals surface area (Å²) >= 11 is 1.36. The molecule has 0 fully saturated rings. The van der Waals surface area contributed by atoms with Gasteiger partial charge >= 0.3 is 5.97 Å². The fourth-order valence-electron chi connectivity index (χ4n) is 2.27. The van der Waals surface area contributed by atoms with Crippen molar-refractivity contribution in [1.82, 2.24) is 10.6 Å². The molecule has 0 saturated heterocycles. The van der Waals surface area contributed by atoms with E-state index in [1.165, 1.54) is 23.9 Å². The van der Waals surface area contributed by atoms with Gasteiger partial charge in [0.25, 0.3) is 5.91 Å². The molecule has 0 radical (unpaired) electrons. The average molecular weight is 388 g/mol. The molecule has 2 rings (SSSR count). The first-order chi connectivity index (χ1) is 12.9. The molecular formula is C19H20N2O5S. The standard InChI is InChI=1S/C19H20N2O5S/c1-12-14(8-5-9-16(12)22)18(25)21-15(19(26)20-10-17(23)24)11-27-13-6-3-2-4-7-13/h2-9,15,22H,10-11H2,1H3,(H,20,26)(H,21,25)(H,23,24)/t15-/m0/s1. The third-order valence-electron chi connectivity index (χ3n) is 3.75. The van der Waals surface area contributed by atoms with E-state index in [0.717, 1.165) is 4.90 Å². The number of aromatic hydroxyl groups is 1. The summed E-state index contributed by atoms with van der Waals surface area (Å²) in [5.74, 6) is -2.08. The Balaban J connectivity index is 2.12. The second-order valence-electron chi connectivity index (χ2n) is 5.71. The van der Waals surface area contributed by atoms with Crippen molar-refractivity contribution in [3.05, 3.63) is 59.7 Å². The summed E-state index contributed by atoms with van der Waals surface area (Å²) in [5, 5.41) is 23.4. The van der Waals surface area contributed by atoms with Gasteiger partial charge in [-0.1, -0.05) is 24.3 Å². The van der Waals surface area contributed by atoms with Gasteiger partial charge in [0.1, 0.15) is 18.3 Å². The maximum atomic E-state index is 12.6. The van der Waals surface area contributed by atoms with Crippen LogP contribution in [0.2, 0.25) is 0 Å². The van der Waals surface area contributed by atoms with Crippen molar-refractivity contribution in [1.29, 1.82) is 0 Å². The topological polar surface area (TPSA) is 116 Å². The fourth-order valence-corrected chi connectivity index (χ4v) is 3.21. The molecular weight excluding hydrogens is 368 g/mol. The Morgan fingerprint density at radius 3 is 2.44 bits per heavy atom. The van der Waals surface area contributed by atoms with Crippen LogP contribution in [-0.2, 0) is 9.59 Å². The zero-order valence-corrected chi connectivity index (χ0v) is 15.5. The number of rotatable bonds is 8. The summed E-state index contributed by atoms with van der Waals surface area (Å²) in [5.41, 5.74) is 0.645. The van der Waals surface area contributed by atoms with Crippen LogP contribution < -0.4 is 10.6 Å². The van der Waals surface area contributed by atoms with Crippen molar-refractivity contribution in [3.63, 3.8) is 0 Å². The first-order valence-electron chi connectivity index (χ1n) is 8.15. The number of carboxylic acid groups (broad SMARTS) is 1. The summed E-state index contributed by atoms with van der Waals surface area (Å²) < 4.78 is 0. The van der Waals surface area contributed by atoms with Crippen LogP contribution in [0.4, 0.5) is 0 Å². The molecule has 2 aromatic carbocycles. The molecule has 4 N–H and O–H groups in total. The van der Waals surface area contributed by atoms with Gasteiger partial charge < -0.3 is 20.8 Å². The molecule has 0 heterocycles. The molecule has 0 bridgehead atoms. The summed E-state index contributed by atoms with van der Waals surface area (Å²) in [4.78, 5) is 36.5. The smallest absolute Gasteiger partial charge is 0.322 e. The lowest BCUT2D eigenvalue weighted by molar-refractivity contribution is -0.138. The summed E-state index contributed by atoms with van der Waals surface area (Å²) in [6.07, 6.45) is 0. The monoisotopic (exact) mass is 388 g/mol. The second-order valence-corrected chi connectivity index (χ2v) is 6.80. The Labute approximate surface area is 160 Å². The molecule has 0 aromatic heterocycles.